The van der Waals surface area contributed by atoms with Gasteiger partial charge in [-0.15, -0.1) is 0 Å². The summed E-state index contributed by atoms with van der Waals surface area (Å²) in [6.45, 7) is 1.94. The number of carbonyl (C=O) groups is 1. The Kier molecular flexibility index (Phi) is 6.33. The molecular formula is C24H21FN4O4S. The molecule has 0 bridgehead atoms. The van der Waals surface area contributed by atoms with Crippen LogP contribution in [0.25, 0.3) is 5.69 Å². The SMILES string of the molecule is COc1ccc(C)cc1-n1ccc(C(=O)Nc2ccc(S(=O)(=O)Nc3cccc(F)c3)cc2)n1. The molecule has 0 radical (unpaired) electrons. The third kappa shape index (κ3) is 5.07. The highest BCUT2D eigenvalue weighted by atomic mass is 32.2. The van der Waals surface area contributed by atoms with E-state index in [4.69, 9.17) is 4.74 Å². The third-order valence-electron chi connectivity index (χ3n) is 4.90. The molecule has 3 aromatic carbocycles. The van der Waals surface area contributed by atoms with E-state index in [1.165, 1.54) is 42.5 Å². The Balaban J connectivity index is 1.47. The number of hydrogen-bond donors (Lipinski definition) is 2. The van der Waals surface area contributed by atoms with E-state index in [-0.39, 0.29) is 16.3 Å². The molecule has 4 aromatic rings. The Bertz CT molecular complexity index is 1450. The number of hydrogen-bond acceptors (Lipinski definition) is 5. The second-order valence-electron chi connectivity index (χ2n) is 7.42. The average Bonchev–Trinajstić information content (AvgIpc) is 3.29. The fraction of sp³-hybridized carbons (Fsp3) is 0.0833. The maximum absolute atomic E-state index is 13.3. The van der Waals surface area contributed by atoms with Crippen molar-refractivity contribution < 1.29 is 22.3 Å². The summed E-state index contributed by atoms with van der Waals surface area (Å²) in [6, 6.07) is 17.9. The number of halogens is 1. The van der Waals surface area contributed by atoms with Crippen molar-refractivity contribution in [2.24, 2.45) is 0 Å². The molecule has 1 heterocycles. The number of nitrogens with zero attached hydrogens (tertiary/aromatic N) is 2. The quantitative estimate of drug-likeness (QED) is 0.409. The van der Waals surface area contributed by atoms with Gasteiger partial charge in [-0.25, -0.2) is 17.5 Å². The maximum Gasteiger partial charge on any atom is 0.276 e. The van der Waals surface area contributed by atoms with Gasteiger partial charge in [-0.1, -0.05) is 12.1 Å². The lowest BCUT2D eigenvalue weighted by molar-refractivity contribution is 0.102. The molecule has 174 valence electrons. The second-order valence-corrected chi connectivity index (χ2v) is 9.10. The van der Waals surface area contributed by atoms with Crippen molar-refractivity contribution in [2.45, 2.75) is 11.8 Å². The van der Waals surface area contributed by atoms with E-state index in [0.29, 0.717) is 17.1 Å². The van der Waals surface area contributed by atoms with Gasteiger partial charge in [-0.3, -0.25) is 9.52 Å². The third-order valence-corrected chi connectivity index (χ3v) is 6.30. The molecule has 0 saturated heterocycles. The summed E-state index contributed by atoms with van der Waals surface area (Å²) >= 11 is 0. The minimum atomic E-state index is -3.92. The zero-order valence-electron chi connectivity index (χ0n) is 18.3. The number of aryl methyl sites for hydroxylation is 1. The summed E-state index contributed by atoms with van der Waals surface area (Å²) in [5, 5.41) is 7.01. The normalized spacial score (nSPS) is 11.1. The van der Waals surface area contributed by atoms with E-state index in [0.717, 1.165) is 11.6 Å². The van der Waals surface area contributed by atoms with Gasteiger partial charge in [0.25, 0.3) is 15.9 Å². The Morgan fingerprint density at radius 1 is 1.00 bits per heavy atom. The first-order chi connectivity index (χ1) is 16.2. The van der Waals surface area contributed by atoms with Crippen LogP contribution in [0, 0.1) is 12.7 Å². The zero-order chi connectivity index (χ0) is 24.3. The summed E-state index contributed by atoms with van der Waals surface area (Å²) in [4.78, 5) is 12.6. The molecule has 0 saturated carbocycles. The van der Waals surface area contributed by atoms with Gasteiger partial charge in [-0.2, -0.15) is 5.10 Å². The van der Waals surface area contributed by atoms with Crippen LogP contribution in [0.1, 0.15) is 16.1 Å². The Morgan fingerprint density at radius 2 is 1.76 bits per heavy atom. The smallest absolute Gasteiger partial charge is 0.276 e. The molecule has 0 aliphatic rings. The zero-order valence-corrected chi connectivity index (χ0v) is 19.1. The first kappa shape index (κ1) is 23.0. The molecule has 10 heteroatoms. The van der Waals surface area contributed by atoms with Crippen LogP contribution in [0.5, 0.6) is 5.75 Å². The minimum absolute atomic E-state index is 0.0365. The summed E-state index contributed by atoms with van der Waals surface area (Å²) in [5.74, 6) is -0.398. The molecule has 0 unspecified atom stereocenters. The van der Waals surface area contributed by atoms with Gasteiger partial charge < -0.3 is 10.1 Å². The van der Waals surface area contributed by atoms with Crippen LogP contribution in [0.3, 0.4) is 0 Å². The number of amides is 1. The highest BCUT2D eigenvalue weighted by Crippen LogP contribution is 2.24. The molecule has 0 aliphatic heterocycles. The summed E-state index contributed by atoms with van der Waals surface area (Å²) < 4.78 is 47.6. The predicted octanol–water partition coefficient (Wildman–Crippen LogP) is 4.38. The lowest BCUT2D eigenvalue weighted by Crippen LogP contribution is -2.15. The second kappa shape index (κ2) is 9.36. The van der Waals surface area contributed by atoms with Crippen molar-refractivity contribution in [3.8, 4) is 11.4 Å². The number of benzene rings is 3. The van der Waals surface area contributed by atoms with Crippen molar-refractivity contribution in [1.29, 1.82) is 0 Å². The molecule has 1 amide bonds. The molecule has 1 aromatic heterocycles. The van der Waals surface area contributed by atoms with Gasteiger partial charge >= 0.3 is 0 Å². The van der Waals surface area contributed by atoms with Gasteiger partial charge in [0, 0.05) is 11.9 Å². The van der Waals surface area contributed by atoms with Crippen LogP contribution >= 0.6 is 0 Å². The van der Waals surface area contributed by atoms with Crippen molar-refractivity contribution in [2.75, 3.05) is 17.1 Å². The van der Waals surface area contributed by atoms with Crippen LogP contribution < -0.4 is 14.8 Å². The molecule has 0 aliphatic carbocycles. The van der Waals surface area contributed by atoms with E-state index in [2.05, 4.69) is 15.1 Å². The fourth-order valence-corrected chi connectivity index (χ4v) is 4.29. The highest BCUT2D eigenvalue weighted by Gasteiger charge is 2.16. The number of methoxy groups -OCH3 is 1. The predicted molar refractivity (Wildman–Crippen MR) is 126 cm³/mol. The van der Waals surface area contributed by atoms with Gasteiger partial charge in [0.1, 0.15) is 17.3 Å². The molecule has 0 fully saturated rings. The van der Waals surface area contributed by atoms with Crippen LogP contribution in [0.15, 0.2) is 83.9 Å². The Labute approximate surface area is 196 Å². The molecule has 0 atom stereocenters. The van der Waals surface area contributed by atoms with E-state index in [9.17, 15) is 17.6 Å². The summed E-state index contributed by atoms with van der Waals surface area (Å²) in [5.41, 5.74) is 2.38. The maximum atomic E-state index is 13.3. The summed E-state index contributed by atoms with van der Waals surface area (Å²) in [7, 11) is -2.36. The monoisotopic (exact) mass is 480 g/mol. The Morgan fingerprint density at radius 3 is 2.47 bits per heavy atom. The molecule has 0 spiro atoms. The largest absolute Gasteiger partial charge is 0.494 e. The molecule has 4 rings (SSSR count). The number of sulfonamides is 1. The van der Waals surface area contributed by atoms with Crippen LogP contribution in [0.4, 0.5) is 15.8 Å². The highest BCUT2D eigenvalue weighted by molar-refractivity contribution is 7.92. The van der Waals surface area contributed by atoms with Crippen molar-refractivity contribution >= 4 is 27.3 Å². The Hall–Kier alpha value is -4.18. The topological polar surface area (TPSA) is 102 Å². The molecule has 8 nitrogen and oxygen atoms in total. The first-order valence-corrected chi connectivity index (χ1v) is 11.6. The van der Waals surface area contributed by atoms with Crippen LogP contribution in [-0.2, 0) is 10.0 Å². The van der Waals surface area contributed by atoms with Crippen molar-refractivity contribution in [3.05, 3.63) is 96.1 Å². The van der Waals surface area contributed by atoms with E-state index in [1.54, 1.807) is 24.1 Å². The van der Waals surface area contributed by atoms with E-state index >= 15 is 0 Å². The lowest BCUT2D eigenvalue weighted by atomic mass is 10.2. The number of rotatable bonds is 7. The van der Waals surface area contributed by atoms with Gasteiger partial charge in [-0.05, 0) is 73.2 Å². The number of ether oxygens (including phenoxy) is 1. The van der Waals surface area contributed by atoms with Gasteiger partial charge in [0.05, 0.1) is 17.7 Å². The number of aromatic nitrogens is 2. The molecule has 2 N–H and O–H groups in total. The molecular weight excluding hydrogens is 459 g/mol. The first-order valence-electron chi connectivity index (χ1n) is 10.2. The average molecular weight is 481 g/mol. The van der Waals surface area contributed by atoms with Crippen molar-refractivity contribution in [1.82, 2.24) is 9.78 Å². The van der Waals surface area contributed by atoms with Gasteiger partial charge in [0.2, 0.25) is 0 Å². The number of nitrogens with one attached hydrogen (secondary N) is 2. The minimum Gasteiger partial charge on any atom is -0.494 e. The van der Waals surface area contributed by atoms with Gasteiger partial charge in [0.15, 0.2) is 5.69 Å². The van der Waals surface area contributed by atoms with Crippen LogP contribution in [-0.4, -0.2) is 31.2 Å². The van der Waals surface area contributed by atoms with Crippen molar-refractivity contribution in [3.63, 3.8) is 0 Å². The molecule has 34 heavy (non-hydrogen) atoms. The lowest BCUT2D eigenvalue weighted by Gasteiger charge is -2.10. The fourth-order valence-electron chi connectivity index (χ4n) is 3.24. The standard InChI is InChI=1S/C24H21FN4O4S/c1-16-6-11-23(33-2)22(14-16)29-13-12-21(27-29)24(30)26-18-7-9-20(10-8-18)34(31,32)28-19-5-3-4-17(25)15-19/h3-15,28H,1-2H3,(H,26,30). The number of carbonyl (C=O) groups excluding carboxylic acids is 1. The van der Waals surface area contributed by atoms with E-state index < -0.39 is 21.7 Å². The number of anilines is 2. The van der Waals surface area contributed by atoms with Crippen LogP contribution in [0.2, 0.25) is 0 Å². The van der Waals surface area contributed by atoms with E-state index in [1.807, 2.05) is 25.1 Å². The summed E-state index contributed by atoms with van der Waals surface area (Å²) in [6.07, 6.45) is 1.65.